The lowest BCUT2D eigenvalue weighted by molar-refractivity contribution is 0.935. The van der Waals surface area contributed by atoms with Gasteiger partial charge in [-0.15, -0.1) is 0 Å². The summed E-state index contributed by atoms with van der Waals surface area (Å²) in [5.41, 5.74) is 4.52. The van der Waals surface area contributed by atoms with Crippen molar-refractivity contribution in [2.75, 3.05) is 0 Å². The number of benzene rings is 1. The molecule has 0 aliphatic rings. The van der Waals surface area contributed by atoms with Gasteiger partial charge in [-0.25, -0.2) is 9.97 Å². The molecule has 2 nitrogen and oxygen atoms in total. The summed E-state index contributed by atoms with van der Waals surface area (Å²) in [7, 11) is 0. The minimum absolute atomic E-state index is 0.460. The third kappa shape index (κ3) is 3.26. The largest absolute Gasteiger partial charge is 0.220 e. The molecule has 0 amide bonds. The van der Waals surface area contributed by atoms with Crippen LogP contribution < -0.4 is 0 Å². The summed E-state index contributed by atoms with van der Waals surface area (Å²) in [5, 5.41) is 0.919. The number of nitrogens with zero attached hydrogens (tertiary/aromatic N) is 2. The predicted molar refractivity (Wildman–Crippen MR) is 80.2 cm³/mol. The molecular formula is C15H16Cl2N2. The van der Waals surface area contributed by atoms with Crippen molar-refractivity contribution < 1.29 is 0 Å². The smallest absolute Gasteiger partial charge is 0.137 e. The zero-order chi connectivity index (χ0) is 14.0. The Morgan fingerprint density at radius 3 is 2.16 bits per heavy atom. The SMILES string of the molecule is CCc1c(Cl)nc(Cc2ccc(C)c(C)c2)nc1Cl. The van der Waals surface area contributed by atoms with E-state index in [0.29, 0.717) is 22.6 Å². The van der Waals surface area contributed by atoms with Crippen molar-refractivity contribution in [1.29, 1.82) is 0 Å². The Morgan fingerprint density at radius 1 is 1.00 bits per heavy atom. The van der Waals surface area contributed by atoms with Gasteiger partial charge in [-0.3, -0.25) is 0 Å². The molecule has 1 aromatic carbocycles. The van der Waals surface area contributed by atoms with Gasteiger partial charge in [0.1, 0.15) is 16.1 Å². The molecule has 0 spiro atoms. The molecule has 0 aliphatic heterocycles. The molecule has 2 aromatic rings. The molecule has 0 saturated heterocycles. The van der Waals surface area contributed by atoms with Gasteiger partial charge in [0.05, 0.1) is 0 Å². The fourth-order valence-corrected chi connectivity index (χ4v) is 2.63. The minimum Gasteiger partial charge on any atom is -0.220 e. The third-order valence-electron chi connectivity index (χ3n) is 3.24. The van der Waals surface area contributed by atoms with Crippen molar-refractivity contribution in [3.05, 3.63) is 56.6 Å². The molecule has 0 radical (unpaired) electrons. The van der Waals surface area contributed by atoms with Crippen molar-refractivity contribution in [2.24, 2.45) is 0 Å². The van der Waals surface area contributed by atoms with Crippen LogP contribution in [-0.4, -0.2) is 9.97 Å². The Bertz CT molecular complexity index is 586. The van der Waals surface area contributed by atoms with E-state index >= 15 is 0 Å². The molecule has 0 aliphatic carbocycles. The van der Waals surface area contributed by atoms with Gasteiger partial charge in [0, 0.05) is 12.0 Å². The zero-order valence-corrected chi connectivity index (χ0v) is 12.8. The molecule has 1 heterocycles. The number of hydrogen-bond acceptors (Lipinski definition) is 2. The number of aryl methyl sites for hydroxylation is 2. The second-order valence-corrected chi connectivity index (χ2v) is 5.36. The molecule has 19 heavy (non-hydrogen) atoms. The molecule has 100 valence electrons. The molecule has 0 atom stereocenters. The van der Waals surface area contributed by atoms with Gasteiger partial charge in [0.15, 0.2) is 0 Å². The van der Waals surface area contributed by atoms with E-state index in [0.717, 1.165) is 12.0 Å². The average Bonchev–Trinajstić information content (AvgIpc) is 2.33. The van der Waals surface area contributed by atoms with E-state index < -0.39 is 0 Å². The van der Waals surface area contributed by atoms with Crippen LogP contribution in [0.15, 0.2) is 18.2 Å². The Kier molecular flexibility index (Phi) is 4.43. The van der Waals surface area contributed by atoms with Crippen LogP contribution in [-0.2, 0) is 12.8 Å². The van der Waals surface area contributed by atoms with Crippen molar-refractivity contribution in [2.45, 2.75) is 33.6 Å². The zero-order valence-electron chi connectivity index (χ0n) is 11.3. The highest BCUT2D eigenvalue weighted by Crippen LogP contribution is 2.22. The van der Waals surface area contributed by atoms with Crippen molar-refractivity contribution in [1.82, 2.24) is 9.97 Å². The molecular weight excluding hydrogens is 279 g/mol. The summed E-state index contributed by atoms with van der Waals surface area (Å²) in [5.74, 6) is 0.662. The standard InChI is InChI=1S/C15H16Cl2N2/c1-4-12-14(16)18-13(19-15(12)17)8-11-6-5-9(2)10(3)7-11/h5-7H,4,8H2,1-3H3. The van der Waals surface area contributed by atoms with E-state index in [1.54, 1.807) is 0 Å². The second kappa shape index (κ2) is 5.89. The molecule has 0 unspecified atom stereocenters. The molecule has 0 bridgehead atoms. The molecule has 1 aromatic heterocycles. The maximum absolute atomic E-state index is 6.12. The van der Waals surface area contributed by atoms with Crippen LogP contribution in [0, 0.1) is 13.8 Å². The van der Waals surface area contributed by atoms with Gasteiger partial charge in [-0.05, 0) is 37.0 Å². The van der Waals surface area contributed by atoms with Crippen molar-refractivity contribution >= 4 is 23.2 Å². The third-order valence-corrected chi connectivity index (χ3v) is 3.86. The van der Waals surface area contributed by atoms with Gasteiger partial charge < -0.3 is 0 Å². The topological polar surface area (TPSA) is 25.8 Å². The van der Waals surface area contributed by atoms with Crippen LogP contribution in [0.4, 0.5) is 0 Å². The van der Waals surface area contributed by atoms with Crippen LogP contribution in [0.3, 0.4) is 0 Å². The van der Waals surface area contributed by atoms with E-state index in [4.69, 9.17) is 23.2 Å². The first-order valence-electron chi connectivity index (χ1n) is 6.28. The molecule has 0 fully saturated rings. The summed E-state index contributed by atoms with van der Waals surface area (Å²) in [6.45, 7) is 6.18. The second-order valence-electron chi connectivity index (χ2n) is 4.65. The average molecular weight is 295 g/mol. The Hall–Kier alpha value is -1.12. The lowest BCUT2D eigenvalue weighted by Gasteiger charge is -2.08. The van der Waals surface area contributed by atoms with Gasteiger partial charge in [0.25, 0.3) is 0 Å². The summed E-state index contributed by atoms with van der Waals surface area (Å²) in [6.07, 6.45) is 1.38. The highest BCUT2D eigenvalue weighted by Gasteiger charge is 2.10. The molecule has 0 N–H and O–H groups in total. The normalized spacial score (nSPS) is 10.8. The van der Waals surface area contributed by atoms with Gasteiger partial charge in [-0.1, -0.05) is 48.3 Å². The maximum atomic E-state index is 6.12. The fourth-order valence-electron chi connectivity index (χ4n) is 1.94. The quantitative estimate of drug-likeness (QED) is 0.776. The molecule has 0 saturated carbocycles. The van der Waals surface area contributed by atoms with E-state index in [2.05, 4.69) is 42.0 Å². The predicted octanol–water partition coefficient (Wildman–Crippen LogP) is 4.55. The van der Waals surface area contributed by atoms with E-state index in [1.807, 2.05) is 6.92 Å². The van der Waals surface area contributed by atoms with Gasteiger partial charge in [-0.2, -0.15) is 0 Å². The van der Waals surface area contributed by atoms with E-state index in [1.165, 1.54) is 16.7 Å². The number of rotatable bonds is 3. The highest BCUT2D eigenvalue weighted by molar-refractivity contribution is 6.34. The van der Waals surface area contributed by atoms with Gasteiger partial charge in [0.2, 0.25) is 0 Å². The monoisotopic (exact) mass is 294 g/mol. The number of halogens is 2. The van der Waals surface area contributed by atoms with Crippen molar-refractivity contribution in [3.8, 4) is 0 Å². The van der Waals surface area contributed by atoms with Crippen LogP contribution in [0.2, 0.25) is 10.3 Å². The maximum Gasteiger partial charge on any atom is 0.137 e. The Balaban J connectivity index is 2.31. The summed E-state index contributed by atoms with van der Waals surface area (Å²) in [4.78, 5) is 8.64. The first kappa shape index (κ1) is 14.3. The number of hydrogen-bond donors (Lipinski definition) is 0. The molecule has 4 heteroatoms. The Morgan fingerprint density at radius 2 is 1.63 bits per heavy atom. The van der Waals surface area contributed by atoms with Crippen LogP contribution >= 0.6 is 23.2 Å². The first-order chi connectivity index (χ1) is 9.01. The Labute approximate surface area is 123 Å². The summed E-state index contributed by atoms with van der Waals surface area (Å²) >= 11 is 12.2. The van der Waals surface area contributed by atoms with Crippen molar-refractivity contribution in [3.63, 3.8) is 0 Å². The van der Waals surface area contributed by atoms with Crippen LogP contribution in [0.25, 0.3) is 0 Å². The van der Waals surface area contributed by atoms with E-state index in [-0.39, 0.29) is 0 Å². The lowest BCUT2D eigenvalue weighted by atomic mass is 10.0. The highest BCUT2D eigenvalue weighted by atomic mass is 35.5. The lowest BCUT2D eigenvalue weighted by Crippen LogP contribution is -2.01. The summed E-state index contributed by atoms with van der Waals surface area (Å²) < 4.78 is 0. The molecule has 2 rings (SSSR count). The first-order valence-corrected chi connectivity index (χ1v) is 7.03. The van der Waals surface area contributed by atoms with Gasteiger partial charge >= 0.3 is 0 Å². The number of aromatic nitrogens is 2. The van der Waals surface area contributed by atoms with E-state index in [9.17, 15) is 0 Å². The summed E-state index contributed by atoms with van der Waals surface area (Å²) in [6, 6.07) is 6.34. The minimum atomic E-state index is 0.460. The fraction of sp³-hybridized carbons (Fsp3) is 0.333. The van der Waals surface area contributed by atoms with Crippen LogP contribution in [0.5, 0.6) is 0 Å². The van der Waals surface area contributed by atoms with Crippen LogP contribution in [0.1, 0.15) is 35.0 Å².